The second-order valence-corrected chi connectivity index (χ2v) is 6.02. The average Bonchev–Trinajstić information content (AvgIpc) is 3.05. The van der Waals surface area contributed by atoms with Crippen molar-refractivity contribution in [2.45, 2.75) is 6.18 Å². The number of nitrogens with one attached hydrogen (secondary N) is 1. The van der Waals surface area contributed by atoms with Gasteiger partial charge >= 0.3 is 12.2 Å². The van der Waals surface area contributed by atoms with E-state index in [2.05, 4.69) is 15.4 Å². The Kier molecular flexibility index (Phi) is 6.80. The van der Waals surface area contributed by atoms with Crippen LogP contribution in [0.2, 0.25) is 0 Å². The van der Waals surface area contributed by atoms with E-state index >= 15 is 0 Å². The first-order valence-electron chi connectivity index (χ1n) is 8.30. The first kappa shape index (κ1) is 22.1. The smallest absolute Gasteiger partial charge is 0.416 e. The average molecular weight is 415 g/mol. The summed E-state index contributed by atoms with van der Waals surface area (Å²) in [5, 5.41) is 6.11. The van der Waals surface area contributed by atoms with Gasteiger partial charge in [-0.05, 0) is 18.2 Å². The van der Waals surface area contributed by atoms with Crippen molar-refractivity contribution in [3.63, 3.8) is 0 Å². The zero-order valence-electron chi connectivity index (χ0n) is 16.2. The minimum absolute atomic E-state index is 0.0508. The number of hydrogen-bond donors (Lipinski definition) is 1. The van der Waals surface area contributed by atoms with Crippen molar-refractivity contribution in [3.05, 3.63) is 35.2 Å². The van der Waals surface area contributed by atoms with E-state index in [1.807, 2.05) is 0 Å². The van der Waals surface area contributed by atoms with Crippen molar-refractivity contribution in [2.24, 2.45) is 7.05 Å². The molecule has 9 nitrogen and oxygen atoms in total. The molecule has 0 aliphatic rings. The van der Waals surface area contributed by atoms with Crippen LogP contribution in [0.25, 0.3) is 0 Å². The molecule has 0 saturated carbocycles. The van der Waals surface area contributed by atoms with Crippen molar-refractivity contribution in [3.8, 4) is 6.01 Å². The zero-order chi connectivity index (χ0) is 21.8. The third-order valence-corrected chi connectivity index (χ3v) is 3.85. The third-order valence-electron chi connectivity index (χ3n) is 3.85. The molecule has 0 spiro atoms. The Morgan fingerprint density at radius 3 is 2.48 bits per heavy atom. The monoisotopic (exact) mass is 415 g/mol. The summed E-state index contributed by atoms with van der Waals surface area (Å²) in [7, 11) is 5.69. The number of aromatic nitrogens is 3. The Labute approximate surface area is 164 Å². The lowest BCUT2D eigenvalue weighted by atomic mass is 10.1. The number of carbonyl (C=O) groups is 2. The highest BCUT2D eigenvalue weighted by Gasteiger charge is 2.32. The summed E-state index contributed by atoms with van der Waals surface area (Å²) in [5.74, 6) is -1.80. The number of nitrogens with zero attached hydrogens (tertiary/aromatic N) is 4. The number of alkyl halides is 3. The Balaban J connectivity index is 2.35. The van der Waals surface area contributed by atoms with Gasteiger partial charge in [0.1, 0.15) is 0 Å². The Morgan fingerprint density at radius 1 is 1.24 bits per heavy atom. The Bertz CT molecular complexity index is 898. The Morgan fingerprint density at radius 2 is 1.93 bits per heavy atom. The van der Waals surface area contributed by atoms with Gasteiger partial charge < -0.3 is 19.7 Å². The number of methoxy groups -OCH3 is 2. The van der Waals surface area contributed by atoms with Gasteiger partial charge in [-0.1, -0.05) is 0 Å². The van der Waals surface area contributed by atoms with E-state index < -0.39 is 23.6 Å². The molecule has 2 rings (SSSR count). The van der Waals surface area contributed by atoms with Gasteiger partial charge in [0, 0.05) is 39.0 Å². The van der Waals surface area contributed by atoms with E-state index in [1.54, 1.807) is 0 Å². The highest BCUT2D eigenvalue weighted by atomic mass is 19.4. The van der Waals surface area contributed by atoms with Crippen molar-refractivity contribution in [2.75, 3.05) is 39.7 Å². The lowest BCUT2D eigenvalue weighted by Gasteiger charge is -2.18. The molecule has 0 radical (unpaired) electrons. The topological polar surface area (TPSA) is 98.6 Å². The first-order chi connectivity index (χ1) is 13.6. The fraction of sp³-hybridized carbons (Fsp3) is 0.412. The summed E-state index contributed by atoms with van der Waals surface area (Å²) in [6, 6.07) is 2.65. The van der Waals surface area contributed by atoms with Gasteiger partial charge in [-0.25, -0.2) is 4.68 Å². The van der Waals surface area contributed by atoms with Gasteiger partial charge in [-0.2, -0.15) is 18.2 Å². The predicted octanol–water partition coefficient (Wildman–Crippen LogP) is 1.81. The van der Waals surface area contributed by atoms with Gasteiger partial charge in [0.05, 0.1) is 19.3 Å². The summed E-state index contributed by atoms with van der Waals surface area (Å²) in [5.41, 5.74) is -1.54. The second kappa shape index (κ2) is 8.90. The van der Waals surface area contributed by atoms with E-state index in [0.29, 0.717) is 0 Å². The molecule has 0 unspecified atom stereocenters. The zero-order valence-corrected chi connectivity index (χ0v) is 16.2. The van der Waals surface area contributed by atoms with Crippen LogP contribution in [-0.4, -0.2) is 65.9 Å². The number of rotatable bonds is 7. The molecule has 0 atom stereocenters. The lowest BCUT2D eigenvalue weighted by molar-refractivity contribution is -0.137. The van der Waals surface area contributed by atoms with E-state index in [4.69, 9.17) is 9.47 Å². The summed E-state index contributed by atoms with van der Waals surface area (Å²) in [6.45, 7) is 0.406. The lowest BCUT2D eigenvalue weighted by Crippen LogP contribution is -2.30. The van der Waals surface area contributed by atoms with Crippen LogP contribution in [0, 0.1) is 0 Å². The van der Waals surface area contributed by atoms with E-state index in [-0.39, 0.29) is 36.2 Å². The number of halogens is 3. The van der Waals surface area contributed by atoms with Crippen molar-refractivity contribution in [1.82, 2.24) is 19.7 Å². The second-order valence-electron chi connectivity index (χ2n) is 6.02. The largest absolute Gasteiger partial charge is 0.467 e. The molecule has 158 valence electrons. The minimum atomic E-state index is -4.71. The number of anilines is 1. The maximum atomic E-state index is 13.3. The molecule has 12 heteroatoms. The number of likely N-dealkylation sites (N-methyl/N-ethyl adjacent to an activating group) is 1. The summed E-state index contributed by atoms with van der Waals surface area (Å²) in [4.78, 5) is 29.8. The standard InChI is InChI=1S/C17H20F3N5O4/c1-24(5-6-28-3)15(27)10-7-11(17(18,19)20)9-12(8-10)21-14(26)13-22-16(29-4)25(2)23-13/h7-9H,5-6H2,1-4H3,(H,21,26). The molecule has 2 aromatic rings. The number of carbonyl (C=O) groups excluding carboxylic acids is 2. The highest BCUT2D eigenvalue weighted by molar-refractivity contribution is 6.03. The van der Waals surface area contributed by atoms with Crippen LogP contribution >= 0.6 is 0 Å². The predicted molar refractivity (Wildman–Crippen MR) is 95.8 cm³/mol. The molecule has 1 aromatic carbocycles. The molecule has 0 aliphatic carbocycles. The maximum absolute atomic E-state index is 13.3. The Hall–Kier alpha value is -3.15. The molecular weight excluding hydrogens is 395 g/mol. The molecule has 1 aromatic heterocycles. The SMILES string of the molecule is COCCN(C)C(=O)c1cc(NC(=O)c2nc(OC)n(C)n2)cc(C(F)(F)F)c1. The molecule has 1 heterocycles. The number of ether oxygens (including phenoxy) is 2. The summed E-state index contributed by atoms with van der Waals surface area (Å²) in [6.07, 6.45) is -4.71. The molecule has 0 fully saturated rings. The third kappa shape index (κ3) is 5.44. The van der Waals surface area contributed by atoms with Gasteiger partial charge in [0.15, 0.2) is 0 Å². The van der Waals surface area contributed by atoms with Crippen molar-refractivity contribution < 1.29 is 32.2 Å². The summed E-state index contributed by atoms with van der Waals surface area (Å²) >= 11 is 0. The molecule has 1 N–H and O–H groups in total. The fourth-order valence-electron chi connectivity index (χ4n) is 2.37. The van der Waals surface area contributed by atoms with E-state index in [0.717, 1.165) is 18.2 Å². The normalized spacial score (nSPS) is 11.3. The number of aryl methyl sites for hydroxylation is 1. The quantitative estimate of drug-likeness (QED) is 0.741. The minimum Gasteiger partial charge on any atom is -0.467 e. The van der Waals surface area contributed by atoms with Gasteiger partial charge in [0.2, 0.25) is 5.82 Å². The van der Waals surface area contributed by atoms with Crippen LogP contribution in [0.5, 0.6) is 6.01 Å². The van der Waals surface area contributed by atoms with Crippen molar-refractivity contribution >= 4 is 17.5 Å². The van der Waals surface area contributed by atoms with Crippen LogP contribution in [0.4, 0.5) is 18.9 Å². The number of hydrogen-bond acceptors (Lipinski definition) is 6. The summed E-state index contributed by atoms with van der Waals surface area (Å²) < 4.78 is 50.8. The van der Waals surface area contributed by atoms with Gasteiger partial charge in [-0.3, -0.25) is 9.59 Å². The van der Waals surface area contributed by atoms with E-state index in [9.17, 15) is 22.8 Å². The van der Waals surface area contributed by atoms with Crippen LogP contribution < -0.4 is 10.1 Å². The van der Waals surface area contributed by atoms with Gasteiger partial charge in [-0.15, -0.1) is 5.10 Å². The van der Waals surface area contributed by atoms with E-state index in [1.165, 1.54) is 37.9 Å². The van der Waals surface area contributed by atoms with Crippen LogP contribution in [0.3, 0.4) is 0 Å². The molecule has 0 bridgehead atoms. The molecule has 0 saturated heterocycles. The van der Waals surface area contributed by atoms with Crippen LogP contribution in [-0.2, 0) is 18.0 Å². The van der Waals surface area contributed by atoms with Crippen molar-refractivity contribution in [1.29, 1.82) is 0 Å². The molecule has 29 heavy (non-hydrogen) atoms. The van der Waals surface area contributed by atoms with Gasteiger partial charge in [0.25, 0.3) is 11.8 Å². The highest BCUT2D eigenvalue weighted by Crippen LogP contribution is 2.32. The number of amides is 2. The number of benzene rings is 1. The molecule has 0 aliphatic heterocycles. The first-order valence-corrected chi connectivity index (χ1v) is 8.30. The van der Waals surface area contributed by atoms with Crippen LogP contribution in [0.15, 0.2) is 18.2 Å². The fourth-order valence-corrected chi connectivity index (χ4v) is 2.37. The maximum Gasteiger partial charge on any atom is 0.416 e. The molecular formula is C17H20F3N5O4. The van der Waals surface area contributed by atoms with Crippen LogP contribution in [0.1, 0.15) is 26.5 Å². The molecule has 2 amide bonds.